The molecule has 0 aliphatic rings. The van der Waals surface area contributed by atoms with Crippen molar-refractivity contribution < 1.29 is 19.1 Å². The van der Waals surface area contributed by atoms with Gasteiger partial charge in [-0.15, -0.1) is 0 Å². The average molecular weight is 382 g/mol. The lowest BCUT2D eigenvalue weighted by Crippen LogP contribution is -2.40. The third-order valence-electron chi connectivity index (χ3n) is 4.18. The molecule has 0 aliphatic carbocycles. The first-order valence-electron chi connectivity index (χ1n) is 9.37. The lowest BCUT2D eigenvalue weighted by molar-refractivity contribution is -0.123. The predicted molar refractivity (Wildman–Crippen MR) is 108 cm³/mol. The molecule has 0 unspecified atom stereocenters. The largest absolute Gasteiger partial charge is 0.462 e. The molecule has 0 atom stereocenters. The van der Waals surface area contributed by atoms with Gasteiger partial charge in [0.2, 0.25) is 11.8 Å². The molecule has 0 bridgehead atoms. The van der Waals surface area contributed by atoms with E-state index in [2.05, 4.69) is 5.32 Å². The van der Waals surface area contributed by atoms with Crippen molar-refractivity contribution in [2.75, 3.05) is 24.6 Å². The summed E-state index contributed by atoms with van der Waals surface area (Å²) < 4.78 is 5.05. The van der Waals surface area contributed by atoms with E-state index in [1.165, 1.54) is 17.4 Å². The number of hydrogen-bond donors (Lipinski definition) is 1. The third kappa shape index (κ3) is 6.23. The second kappa shape index (κ2) is 10.9. The summed E-state index contributed by atoms with van der Waals surface area (Å²) in [6.07, 6.45) is 1.67. The van der Waals surface area contributed by atoms with Crippen LogP contribution in [0.5, 0.6) is 0 Å². The molecule has 2 rings (SSSR count). The molecule has 0 spiro atoms. The van der Waals surface area contributed by atoms with Crippen LogP contribution in [0.1, 0.15) is 36.2 Å². The molecule has 0 aliphatic heterocycles. The number of aryl methyl sites for hydroxylation is 1. The van der Waals surface area contributed by atoms with Crippen molar-refractivity contribution in [3.8, 4) is 0 Å². The maximum atomic E-state index is 12.3. The van der Waals surface area contributed by atoms with Crippen LogP contribution in [0.15, 0.2) is 54.6 Å². The van der Waals surface area contributed by atoms with Gasteiger partial charge in [0.25, 0.3) is 0 Å². The Morgan fingerprint density at radius 3 is 2.36 bits per heavy atom. The number of amides is 2. The fourth-order valence-corrected chi connectivity index (χ4v) is 2.82. The summed E-state index contributed by atoms with van der Waals surface area (Å²) in [5.74, 6) is -1.12. The van der Waals surface area contributed by atoms with E-state index in [0.29, 0.717) is 12.2 Å². The number of ether oxygens (including phenoxy) is 1. The van der Waals surface area contributed by atoms with Crippen molar-refractivity contribution in [1.29, 1.82) is 0 Å². The fourth-order valence-electron chi connectivity index (χ4n) is 2.82. The number of nitrogens with zero attached hydrogens (tertiary/aromatic N) is 1. The smallest absolute Gasteiger partial charge is 0.340 e. The van der Waals surface area contributed by atoms with Crippen LogP contribution >= 0.6 is 0 Å². The van der Waals surface area contributed by atoms with Gasteiger partial charge >= 0.3 is 5.97 Å². The van der Waals surface area contributed by atoms with E-state index in [9.17, 15) is 14.4 Å². The number of para-hydroxylation sites is 1. The van der Waals surface area contributed by atoms with Gasteiger partial charge in [0.05, 0.1) is 17.9 Å². The Morgan fingerprint density at radius 2 is 1.68 bits per heavy atom. The van der Waals surface area contributed by atoms with E-state index < -0.39 is 5.97 Å². The molecule has 6 nitrogen and oxygen atoms in total. The van der Waals surface area contributed by atoms with Crippen LogP contribution in [0, 0.1) is 0 Å². The average Bonchev–Trinajstić information content (AvgIpc) is 2.70. The minimum Gasteiger partial charge on any atom is -0.462 e. The first-order chi connectivity index (χ1) is 13.5. The van der Waals surface area contributed by atoms with E-state index in [0.717, 1.165) is 12.8 Å². The van der Waals surface area contributed by atoms with E-state index in [1.807, 2.05) is 30.3 Å². The van der Waals surface area contributed by atoms with Crippen LogP contribution in [0.3, 0.4) is 0 Å². The zero-order valence-electron chi connectivity index (χ0n) is 16.3. The first kappa shape index (κ1) is 21.2. The van der Waals surface area contributed by atoms with Crippen LogP contribution in [-0.4, -0.2) is 37.5 Å². The third-order valence-corrected chi connectivity index (χ3v) is 4.18. The van der Waals surface area contributed by atoms with Gasteiger partial charge < -0.3 is 15.0 Å². The van der Waals surface area contributed by atoms with Crippen molar-refractivity contribution in [3.05, 3.63) is 65.7 Å². The number of benzene rings is 2. The van der Waals surface area contributed by atoms with Crippen molar-refractivity contribution in [2.24, 2.45) is 0 Å². The number of rotatable bonds is 9. The Bertz CT molecular complexity index is 805. The zero-order chi connectivity index (χ0) is 20.4. The highest BCUT2D eigenvalue weighted by atomic mass is 16.5. The Hall–Kier alpha value is -3.15. The second-order valence-corrected chi connectivity index (χ2v) is 6.28. The van der Waals surface area contributed by atoms with Gasteiger partial charge in [-0.05, 0) is 37.5 Å². The number of carbonyl (C=O) groups is 3. The maximum absolute atomic E-state index is 12.3. The Balaban J connectivity index is 1.96. The topological polar surface area (TPSA) is 75.7 Å². The zero-order valence-corrected chi connectivity index (χ0v) is 16.3. The van der Waals surface area contributed by atoms with E-state index in [1.54, 1.807) is 31.2 Å². The molecule has 0 saturated carbocycles. The molecule has 6 heteroatoms. The molecule has 0 heterocycles. The number of esters is 1. The van der Waals surface area contributed by atoms with Gasteiger partial charge in [-0.2, -0.15) is 0 Å². The molecule has 2 aromatic rings. The second-order valence-electron chi connectivity index (χ2n) is 6.28. The standard InChI is InChI=1S/C22H26N2O4/c1-3-28-22(27)19-13-7-8-14-20(19)24(17(2)25)16-21(26)23-15-9-12-18-10-5-4-6-11-18/h4-8,10-11,13-14H,3,9,12,15-16H2,1-2H3,(H,23,26). The Kier molecular flexibility index (Phi) is 8.21. The summed E-state index contributed by atoms with van der Waals surface area (Å²) in [6, 6.07) is 16.7. The number of hydrogen-bond acceptors (Lipinski definition) is 4. The summed E-state index contributed by atoms with van der Waals surface area (Å²) in [5, 5.41) is 2.83. The Morgan fingerprint density at radius 1 is 1.00 bits per heavy atom. The van der Waals surface area contributed by atoms with Gasteiger partial charge in [-0.1, -0.05) is 42.5 Å². The molecule has 0 saturated heterocycles. The van der Waals surface area contributed by atoms with Gasteiger partial charge in [0.15, 0.2) is 0 Å². The summed E-state index contributed by atoms with van der Waals surface area (Å²) in [5.41, 5.74) is 1.84. The summed E-state index contributed by atoms with van der Waals surface area (Å²) in [4.78, 5) is 37.9. The van der Waals surface area contributed by atoms with Gasteiger partial charge in [-0.3, -0.25) is 9.59 Å². The molecular weight excluding hydrogens is 356 g/mol. The van der Waals surface area contributed by atoms with E-state index >= 15 is 0 Å². The van der Waals surface area contributed by atoms with Gasteiger partial charge in [0.1, 0.15) is 6.54 Å². The lowest BCUT2D eigenvalue weighted by atomic mass is 10.1. The number of anilines is 1. The van der Waals surface area contributed by atoms with Gasteiger partial charge in [0, 0.05) is 13.5 Å². The lowest BCUT2D eigenvalue weighted by Gasteiger charge is -2.23. The van der Waals surface area contributed by atoms with Crippen LogP contribution in [0.4, 0.5) is 5.69 Å². The number of nitrogens with one attached hydrogen (secondary N) is 1. The normalized spacial score (nSPS) is 10.2. The molecular formula is C22H26N2O4. The van der Waals surface area contributed by atoms with Crippen LogP contribution < -0.4 is 10.2 Å². The van der Waals surface area contributed by atoms with Crippen molar-refractivity contribution in [1.82, 2.24) is 5.32 Å². The van der Waals surface area contributed by atoms with Crippen molar-refractivity contribution in [2.45, 2.75) is 26.7 Å². The Labute approximate surface area is 165 Å². The number of carbonyl (C=O) groups excluding carboxylic acids is 3. The summed E-state index contributed by atoms with van der Waals surface area (Å²) in [7, 11) is 0. The molecule has 0 radical (unpaired) electrons. The molecule has 0 fully saturated rings. The highest BCUT2D eigenvalue weighted by molar-refractivity contribution is 6.04. The minimum atomic E-state index is -0.521. The van der Waals surface area contributed by atoms with Crippen molar-refractivity contribution in [3.63, 3.8) is 0 Å². The molecule has 2 amide bonds. The molecule has 0 aromatic heterocycles. The van der Waals surface area contributed by atoms with E-state index in [4.69, 9.17) is 4.74 Å². The quantitative estimate of drug-likeness (QED) is 0.534. The van der Waals surface area contributed by atoms with E-state index in [-0.39, 0.29) is 30.5 Å². The van der Waals surface area contributed by atoms with Crippen LogP contribution in [0.25, 0.3) is 0 Å². The van der Waals surface area contributed by atoms with Crippen LogP contribution in [0.2, 0.25) is 0 Å². The highest BCUT2D eigenvalue weighted by Gasteiger charge is 2.22. The predicted octanol–water partition coefficient (Wildman–Crippen LogP) is 2.97. The first-order valence-corrected chi connectivity index (χ1v) is 9.37. The van der Waals surface area contributed by atoms with Crippen molar-refractivity contribution >= 4 is 23.5 Å². The monoisotopic (exact) mass is 382 g/mol. The highest BCUT2D eigenvalue weighted by Crippen LogP contribution is 2.21. The summed E-state index contributed by atoms with van der Waals surface area (Å²) in [6.45, 7) is 3.67. The SMILES string of the molecule is CCOC(=O)c1ccccc1N(CC(=O)NCCCc1ccccc1)C(C)=O. The fraction of sp³-hybridized carbons (Fsp3) is 0.318. The molecule has 28 heavy (non-hydrogen) atoms. The molecule has 148 valence electrons. The molecule has 2 aromatic carbocycles. The minimum absolute atomic E-state index is 0.156. The summed E-state index contributed by atoms with van der Waals surface area (Å²) >= 11 is 0. The van der Waals surface area contributed by atoms with Crippen LogP contribution in [-0.2, 0) is 20.7 Å². The molecule has 1 N–H and O–H groups in total. The maximum Gasteiger partial charge on any atom is 0.340 e. The van der Waals surface area contributed by atoms with Gasteiger partial charge in [-0.25, -0.2) is 4.79 Å².